The smallest absolute Gasteiger partial charge is 0.387 e. The Balaban J connectivity index is 1.95. The van der Waals surface area contributed by atoms with Crippen molar-refractivity contribution < 1.29 is 17.9 Å². The van der Waals surface area contributed by atoms with Gasteiger partial charge in [-0.3, -0.25) is 4.99 Å². The van der Waals surface area contributed by atoms with Crippen LogP contribution in [0, 0.1) is 5.82 Å². The molecule has 26 heavy (non-hydrogen) atoms. The van der Waals surface area contributed by atoms with Gasteiger partial charge in [0, 0.05) is 18.0 Å². The first-order chi connectivity index (χ1) is 12.6. The summed E-state index contributed by atoms with van der Waals surface area (Å²) in [5.41, 5.74) is 2.10. The topological polar surface area (TPSA) is 38.9 Å². The van der Waals surface area contributed by atoms with E-state index in [1.165, 1.54) is 41.8 Å². The van der Waals surface area contributed by atoms with Crippen LogP contribution >= 0.6 is 11.3 Å². The third-order valence-electron chi connectivity index (χ3n) is 3.42. The lowest BCUT2D eigenvalue weighted by Crippen LogP contribution is -2.11. The highest BCUT2D eigenvalue weighted by Crippen LogP contribution is 2.24. The molecule has 0 spiro atoms. The number of hydrogen-bond donors (Lipinski definition) is 0. The van der Waals surface area contributed by atoms with Crippen molar-refractivity contribution in [2.24, 2.45) is 10.1 Å². The highest BCUT2D eigenvalue weighted by molar-refractivity contribution is 7.07. The average Bonchev–Trinajstić information content (AvgIpc) is 3.03. The van der Waals surface area contributed by atoms with E-state index < -0.39 is 6.61 Å². The second kappa shape index (κ2) is 8.01. The molecule has 4 nitrogen and oxygen atoms in total. The largest absolute Gasteiger partial charge is 0.435 e. The zero-order valence-electron chi connectivity index (χ0n) is 13.6. The van der Waals surface area contributed by atoms with Crippen LogP contribution in [-0.4, -0.2) is 24.5 Å². The van der Waals surface area contributed by atoms with Gasteiger partial charge in [-0.05, 0) is 42.0 Å². The molecule has 0 radical (unpaired) electrons. The maximum atomic E-state index is 13.3. The Morgan fingerprint density at radius 3 is 2.58 bits per heavy atom. The molecule has 0 bridgehead atoms. The molecule has 0 aliphatic heterocycles. The maximum absolute atomic E-state index is 13.3. The van der Waals surface area contributed by atoms with Crippen molar-refractivity contribution in [3.05, 3.63) is 70.1 Å². The summed E-state index contributed by atoms with van der Waals surface area (Å²) in [6.45, 7) is -2.87. The minimum atomic E-state index is -2.87. The van der Waals surface area contributed by atoms with Crippen molar-refractivity contribution in [2.75, 3.05) is 7.05 Å². The summed E-state index contributed by atoms with van der Waals surface area (Å²) in [4.78, 5) is 4.81. The number of rotatable bonds is 5. The number of halogens is 3. The number of benzene rings is 2. The van der Waals surface area contributed by atoms with Crippen LogP contribution in [0.5, 0.6) is 5.75 Å². The fraction of sp³-hybridized carbons (Fsp3) is 0.111. The molecule has 0 fully saturated rings. The van der Waals surface area contributed by atoms with E-state index in [2.05, 4.69) is 14.8 Å². The first kappa shape index (κ1) is 17.9. The molecule has 0 unspecified atom stereocenters. The van der Waals surface area contributed by atoms with Crippen LogP contribution in [-0.2, 0) is 0 Å². The lowest BCUT2D eigenvalue weighted by Gasteiger charge is -2.06. The average molecular weight is 377 g/mol. The molecular weight excluding hydrogens is 363 g/mol. The van der Waals surface area contributed by atoms with Crippen molar-refractivity contribution in [2.45, 2.75) is 6.61 Å². The zero-order valence-corrected chi connectivity index (χ0v) is 14.5. The van der Waals surface area contributed by atoms with E-state index >= 15 is 0 Å². The predicted octanol–water partition coefficient (Wildman–Crippen LogP) is 4.37. The molecule has 1 aromatic heterocycles. The van der Waals surface area contributed by atoms with Gasteiger partial charge in [-0.2, -0.15) is 13.9 Å². The Kier molecular flexibility index (Phi) is 5.52. The van der Waals surface area contributed by atoms with E-state index in [1.54, 1.807) is 36.0 Å². The molecule has 0 amide bonds. The minimum absolute atomic E-state index is 0.0780. The van der Waals surface area contributed by atoms with Gasteiger partial charge in [0.2, 0.25) is 4.80 Å². The fourth-order valence-corrected chi connectivity index (χ4v) is 3.08. The van der Waals surface area contributed by atoms with Crippen molar-refractivity contribution in [3.63, 3.8) is 0 Å². The molecule has 8 heteroatoms. The number of thiazole rings is 1. The van der Waals surface area contributed by atoms with Gasteiger partial charge in [-0.1, -0.05) is 12.1 Å². The summed E-state index contributed by atoms with van der Waals surface area (Å²) in [6.07, 6.45) is 1.53. The van der Waals surface area contributed by atoms with E-state index in [0.29, 0.717) is 10.4 Å². The molecule has 0 aliphatic carbocycles. The van der Waals surface area contributed by atoms with E-state index in [4.69, 9.17) is 0 Å². The number of ether oxygens (including phenoxy) is 1. The second-order valence-electron chi connectivity index (χ2n) is 5.14. The van der Waals surface area contributed by atoms with Crippen LogP contribution in [0.25, 0.3) is 11.3 Å². The van der Waals surface area contributed by atoms with Gasteiger partial charge < -0.3 is 4.74 Å². The standard InChI is InChI=1S/C18H14F3N3OS/c1-22-18-24(23-10-12-3-2-4-14(19)9-12)16(11-26-18)13-5-7-15(8-6-13)25-17(20)21/h2-11,17H,1H3/b22-18?,23-10-. The van der Waals surface area contributed by atoms with Gasteiger partial charge >= 0.3 is 6.61 Å². The summed E-state index contributed by atoms with van der Waals surface area (Å²) in [6, 6.07) is 12.3. The van der Waals surface area contributed by atoms with Crippen molar-refractivity contribution >= 4 is 17.6 Å². The Morgan fingerprint density at radius 1 is 1.15 bits per heavy atom. The SMILES string of the molecule is CN=c1scc(-c2ccc(OC(F)F)cc2)n1/N=C\c1cccc(F)c1. The van der Waals surface area contributed by atoms with Gasteiger partial charge in [0.05, 0.1) is 11.9 Å². The Bertz CT molecular complexity index is 978. The normalized spacial score (nSPS) is 12.3. The third-order valence-corrected chi connectivity index (χ3v) is 4.33. The lowest BCUT2D eigenvalue weighted by molar-refractivity contribution is -0.0498. The lowest BCUT2D eigenvalue weighted by atomic mass is 10.2. The van der Waals surface area contributed by atoms with Gasteiger partial charge in [0.15, 0.2) is 0 Å². The number of aromatic nitrogens is 1. The van der Waals surface area contributed by atoms with E-state index in [9.17, 15) is 13.2 Å². The number of alkyl halides is 2. The van der Waals surface area contributed by atoms with Crippen molar-refractivity contribution in [1.29, 1.82) is 0 Å². The monoisotopic (exact) mass is 377 g/mol. The summed E-state index contributed by atoms with van der Waals surface area (Å²) < 4.78 is 43.8. The molecule has 0 aliphatic rings. The quantitative estimate of drug-likeness (QED) is 0.609. The molecule has 3 aromatic rings. The maximum Gasteiger partial charge on any atom is 0.387 e. The van der Waals surface area contributed by atoms with Gasteiger partial charge in [0.1, 0.15) is 11.6 Å². The number of nitrogens with zero attached hydrogens (tertiary/aromatic N) is 3. The van der Waals surface area contributed by atoms with Crippen LogP contribution in [0.1, 0.15) is 5.56 Å². The minimum Gasteiger partial charge on any atom is -0.435 e. The first-order valence-corrected chi connectivity index (χ1v) is 8.43. The highest BCUT2D eigenvalue weighted by atomic mass is 32.1. The van der Waals surface area contributed by atoms with Crippen LogP contribution in [0.15, 0.2) is 64.0 Å². The van der Waals surface area contributed by atoms with Crippen LogP contribution in [0.2, 0.25) is 0 Å². The molecule has 0 N–H and O–H groups in total. The van der Waals surface area contributed by atoms with Crippen molar-refractivity contribution in [3.8, 4) is 17.0 Å². The van der Waals surface area contributed by atoms with E-state index in [1.807, 2.05) is 5.38 Å². The summed E-state index contributed by atoms with van der Waals surface area (Å²) in [5.74, 6) is -0.270. The zero-order chi connectivity index (χ0) is 18.5. The molecule has 0 saturated carbocycles. The highest BCUT2D eigenvalue weighted by Gasteiger charge is 2.09. The van der Waals surface area contributed by atoms with E-state index in [-0.39, 0.29) is 11.6 Å². The van der Waals surface area contributed by atoms with Gasteiger partial charge in [-0.25, -0.2) is 9.07 Å². The summed E-state index contributed by atoms with van der Waals surface area (Å²) >= 11 is 1.38. The molecule has 134 valence electrons. The molecule has 2 aromatic carbocycles. The molecule has 1 heterocycles. The fourth-order valence-electron chi connectivity index (χ4n) is 2.28. The molecule has 3 rings (SSSR count). The van der Waals surface area contributed by atoms with Crippen LogP contribution in [0.3, 0.4) is 0 Å². The Hall–Kier alpha value is -2.87. The summed E-state index contributed by atoms with van der Waals surface area (Å²) in [7, 11) is 1.64. The third kappa shape index (κ3) is 4.20. The number of hydrogen-bond acceptors (Lipinski definition) is 4. The summed E-state index contributed by atoms with van der Waals surface area (Å²) in [5, 5.41) is 6.24. The van der Waals surface area contributed by atoms with Gasteiger partial charge in [-0.15, -0.1) is 11.3 Å². The molecule has 0 saturated heterocycles. The van der Waals surface area contributed by atoms with Gasteiger partial charge in [0.25, 0.3) is 0 Å². The second-order valence-corrected chi connectivity index (χ2v) is 5.98. The molecule has 0 atom stereocenters. The van der Waals surface area contributed by atoms with Crippen LogP contribution in [0.4, 0.5) is 13.2 Å². The first-order valence-electron chi connectivity index (χ1n) is 7.55. The molecular formula is C18H14F3N3OS. The van der Waals surface area contributed by atoms with Crippen LogP contribution < -0.4 is 9.54 Å². The Labute approximate surface area is 151 Å². The predicted molar refractivity (Wildman–Crippen MR) is 95.3 cm³/mol. The van der Waals surface area contributed by atoms with Crippen molar-refractivity contribution in [1.82, 2.24) is 4.68 Å². The Morgan fingerprint density at radius 2 is 1.92 bits per heavy atom. The van der Waals surface area contributed by atoms with E-state index in [0.717, 1.165) is 11.3 Å².